The number of halogens is 1. The fourth-order valence-electron chi connectivity index (χ4n) is 2.47. The van der Waals surface area contributed by atoms with Gasteiger partial charge in [0.05, 0.1) is 19.3 Å². The lowest BCUT2D eigenvalue weighted by molar-refractivity contribution is 0.0678. The number of carbonyl (C=O) groups is 1. The monoisotopic (exact) mass is 266 g/mol. The van der Waals surface area contributed by atoms with Crippen molar-refractivity contribution in [1.82, 2.24) is 0 Å². The molecule has 0 atom stereocenters. The summed E-state index contributed by atoms with van der Waals surface area (Å²) in [5, 5.41) is 0. The molecule has 1 aromatic carbocycles. The van der Waals surface area contributed by atoms with Crippen molar-refractivity contribution in [2.45, 2.75) is 25.7 Å². The van der Waals surface area contributed by atoms with E-state index in [0.717, 1.165) is 0 Å². The maximum atomic E-state index is 13.2. The molecule has 1 aliphatic carbocycles. The highest BCUT2D eigenvalue weighted by molar-refractivity contribution is 5.99. The van der Waals surface area contributed by atoms with Gasteiger partial charge in [0.15, 0.2) is 5.78 Å². The summed E-state index contributed by atoms with van der Waals surface area (Å²) in [6.07, 6.45) is 4.86. The third-order valence-electron chi connectivity index (χ3n) is 3.52. The SMILES string of the molecule is COc1ccc(F)cc1C(=O)COCC1CCCC1. The molecule has 0 N–H and O–H groups in total. The van der Waals surface area contributed by atoms with Crippen molar-refractivity contribution in [3.05, 3.63) is 29.6 Å². The van der Waals surface area contributed by atoms with Gasteiger partial charge in [-0.25, -0.2) is 4.39 Å². The zero-order valence-electron chi connectivity index (χ0n) is 11.2. The van der Waals surface area contributed by atoms with E-state index in [1.54, 1.807) is 0 Å². The summed E-state index contributed by atoms with van der Waals surface area (Å²) in [5.41, 5.74) is 0.244. The Morgan fingerprint density at radius 2 is 2.11 bits per heavy atom. The van der Waals surface area contributed by atoms with Crippen molar-refractivity contribution in [2.24, 2.45) is 5.92 Å². The second-order valence-electron chi connectivity index (χ2n) is 4.93. The first-order chi connectivity index (χ1) is 9.20. The fraction of sp³-hybridized carbons (Fsp3) is 0.533. The van der Waals surface area contributed by atoms with E-state index in [2.05, 4.69) is 0 Å². The van der Waals surface area contributed by atoms with Crippen molar-refractivity contribution in [1.29, 1.82) is 0 Å². The predicted molar refractivity (Wildman–Crippen MR) is 70.1 cm³/mol. The molecule has 0 amide bonds. The summed E-state index contributed by atoms with van der Waals surface area (Å²) < 4.78 is 23.7. The quantitative estimate of drug-likeness (QED) is 0.742. The van der Waals surface area contributed by atoms with E-state index >= 15 is 0 Å². The highest BCUT2D eigenvalue weighted by Gasteiger charge is 2.17. The molecule has 2 rings (SSSR count). The van der Waals surface area contributed by atoms with E-state index in [0.29, 0.717) is 18.3 Å². The van der Waals surface area contributed by atoms with E-state index in [1.165, 1.54) is 51.0 Å². The summed E-state index contributed by atoms with van der Waals surface area (Å²) in [4.78, 5) is 12.0. The summed E-state index contributed by atoms with van der Waals surface area (Å²) in [5.74, 6) is 0.271. The lowest BCUT2D eigenvalue weighted by Crippen LogP contribution is -2.14. The Balaban J connectivity index is 1.89. The molecule has 19 heavy (non-hydrogen) atoms. The molecule has 0 radical (unpaired) electrons. The van der Waals surface area contributed by atoms with Crippen LogP contribution in [-0.4, -0.2) is 26.1 Å². The molecule has 104 valence electrons. The zero-order chi connectivity index (χ0) is 13.7. The van der Waals surface area contributed by atoms with Crippen LogP contribution in [0.25, 0.3) is 0 Å². The number of hydrogen-bond donors (Lipinski definition) is 0. The molecule has 0 aromatic heterocycles. The maximum Gasteiger partial charge on any atom is 0.192 e. The number of ketones is 1. The molecular formula is C15H19FO3. The largest absolute Gasteiger partial charge is 0.496 e. The van der Waals surface area contributed by atoms with Crippen LogP contribution in [0.3, 0.4) is 0 Å². The van der Waals surface area contributed by atoms with Crippen LogP contribution in [0.2, 0.25) is 0 Å². The molecule has 0 aliphatic heterocycles. The molecule has 0 unspecified atom stereocenters. The van der Waals surface area contributed by atoms with Crippen LogP contribution in [-0.2, 0) is 4.74 Å². The van der Waals surface area contributed by atoms with Gasteiger partial charge in [0.1, 0.15) is 18.2 Å². The first-order valence-corrected chi connectivity index (χ1v) is 6.65. The topological polar surface area (TPSA) is 35.5 Å². The van der Waals surface area contributed by atoms with Crippen LogP contribution in [0.1, 0.15) is 36.0 Å². The highest BCUT2D eigenvalue weighted by atomic mass is 19.1. The van der Waals surface area contributed by atoms with Crippen molar-refractivity contribution in [3.63, 3.8) is 0 Å². The summed E-state index contributed by atoms with van der Waals surface area (Å²) in [7, 11) is 1.46. The molecule has 1 saturated carbocycles. The number of benzene rings is 1. The van der Waals surface area contributed by atoms with Crippen molar-refractivity contribution in [3.8, 4) is 5.75 Å². The van der Waals surface area contributed by atoms with E-state index in [1.807, 2.05) is 0 Å². The van der Waals surface area contributed by atoms with E-state index in [-0.39, 0.29) is 18.0 Å². The minimum atomic E-state index is -0.444. The van der Waals surface area contributed by atoms with Crippen LogP contribution in [0, 0.1) is 11.7 Å². The van der Waals surface area contributed by atoms with Gasteiger partial charge in [0, 0.05) is 0 Å². The van der Waals surface area contributed by atoms with Gasteiger partial charge in [0.25, 0.3) is 0 Å². The van der Waals surface area contributed by atoms with Crippen LogP contribution >= 0.6 is 0 Å². The third-order valence-corrected chi connectivity index (χ3v) is 3.52. The highest BCUT2D eigenvalue weighted by Crippen LogP contribution is 2.25. The van der Waals surface area contributed by atoms with Gasteiger partial charge in [-0.05, 0) is 37.0 Å². The van der Waals surface area contributed by atoms with Gasteiger partial charge < -0.3 is 9.47 Å². The molecule has 0 bridgehead atoms. The van der Waals surface area contributed by atoms with Gasteiger partial charge in [0.2, 0.25) is 0 Å². The molecule has 0 saturated heterocycles. The first-order valence-electron chi connectivity index (χ1n) is 6.65. The molecule has 1 fully saturated rings. The maximum absolute atomic E-state index is 13.2. The Hall–Kier alpha value is -1.42. The van der Waals surface area contributed by atoms with Gasteiger partial charge >= 0.3 is 0 Å². The molecular weight excluding hydrogens is 247 g/mol. The summed E-state index contributed by atoms with van der Waals surface area (Å²) >= 11 is 0. The first kappa shape index (κ1) is 14.0. The average Bonchev–Trinajstić information content (AvgIpc) is 2.91. The third kappa shape index (κ3) is 3.77. The number of carbonyl (C=O) groups excluding carboxylic acids is 1. The van der Waals surface area contributed by atoms with Crippen molar-refractivity contribution in [2.75, 3.05) is 20.3 Å². The number of rotatable bonds is 6. The van der Waals surface area contributed by atoms with Gasteiger partial charge in [-0.15, -0.1) is 0 Å². The molecule has 4 heteroatoms. The normalized spacial score (nSPS) is 15.7. The summed E-state index contributed by atoms with van der Waals surface area (Å²) in [6.45, 7) is 0.597. The number of methoxy groups -OCH3 is 1. The summed E-state index contributed by atoms with van der Waals surface area (Å²) in [6, 6.07) is 3.93. The standard InChI is InChI=1S/C15H19FO3/c1-18-15-7-6-12(16)8-13(15)14(17)10-19-9-11-4-2-3-5-11/h6-8,11H,2-5,9-10H2,1H3. The number of Topliss-reactive ketones (excluding diaryl/α,β-unsaturated/α-hetero) is 1. The lowest BCUT2D eigenvalue weighted by atomic mass is 10.1. The van der Waals surface area contributed by atoms with Crippen LogP contribution < -0.4 is 4.74 Å². The molecule has 3 nitrogen and oxygen atoms in total. The molecule has 0 spiro atoms. The van der Waals surface area contributed by atoms with Crippen molar-refractivity contribution < 1.29 is 18.7 Å². The van der Waals surface area contributed by atoms with Gasteiger partial charge in [-0.2, -0.15) is 0 Å². The smallest absolute Gasteiger partial charge is 0.192 e. The minimum absolute atomic E-state index is 0.0175. The van der Waals surface area contributed by atoms with Crippen LogP contribution in [0.4, 0.5) is 4.39 Å². The van der Waals surface area contributed by atoms with Crippen LogP contribution in [0.5, 0.6) is 5.75 Å². The Bertz CT molecular complexity index is 439. The molecule has 1 aromatic rings. The van der Waals surface area contributed by atoms with Crippen molar-refractivity contribution >= 4 is 5.78 Å². The van der Waals surface area contributed by atoms with Crippen LogP contribution in [0.15, 0.2) is 18.2 Å². The van der Waals surface area contributed by atoms with E-state index in [9.17, 15) is 9.18 Å². The number of ether oxygens (including phenoxy) is 2. The van der Waals surface area contributed by atoms with Gasteiger partial charge in [-0.1, -0.05) is 12.8 Å². The Morgan fingerprint density at radius 1 is 1.37 bits per heavy atom. The Morgan fingerprint density at radius 3 is 2.79 bits per heavy atom. The van der Waals surface area contributed by atoms with E-state index < -0.39 is 5.82 Å². The van der Waals surface area contributed by atoms with E-state index in [4.69, 9.17) is 9.47 Å². The fourth-order valence-corrected chi connectivity index (χ4v) is 2.47. The Kier molecular flexibility index (Phi) is 4.91. The Labute approximate surface area is 112 Å². The molecule has 1 aliphatic rings. The predicted octanol–water partition coefficient (Wildman–Crippen LogP) is 3.22. The molecule has 0 heterocycles. The second-order valence-corrected chi connectivity index (χ2v) is 4.93. The van der Waals surface area contributed by atoms with Gasteiger partial charge in [-0.3, -0.25) is 4.79 Å². The zero-order valence-corrected chi connectivity index (χ0v) is 11.2. The average molecular weight is 266 g/mol. The minimum Gasteiger partial charge on any atom is -0.496 e. The number of hydrogen-bond acceptors (Lipinski definition) is 3. The second kappa shape index (κ2) is 6.66. The lowest BCUT2D eigenvalue weighted by Gasteiger charge is -2.11.